The highest BCUT2D eigenvalue weighted by Gasteiger charge is 2.05. The predicted octanol–water partition coefficient (Wildman–Crippen LogP) is 3.60. The summed E-state index contributed by atoms with van der Waals surface area (Å²) in [5.41, 5.74) is 5.07. The number of fused-ring (bicyclic) bond motifs is 1. The van der Waals surface area contributed by atoms with Gasteiger partial charge in [0.2, 0.25) is 5.91 Å². The molecule has 0 fully saturated rings. The second-order valence-corrected chi connectivity index (χ2v) is 5.47. The molecule has 3 aromatic rings. The van der Waals surface area contributed by atoms with E-state index in [1.165, 1.54) is 0 Å². The fraction of sp³-hybridized carbons (Fsp3) is 0.222. The lowest BCUT2D eigenvalue weighted by molar-refractivity contribution is -0.115. The molecule has 0 bridgehead atoms. The molecule has 2 N–H and O–H groups in total. The van der Waals surface area contributed by atoms with Crippen molar-refractivity contribution in [1.82, 2.24) is 9.38 Å². The fourth-order valence-corrected chi connectivity index (χ4v) is 2.45. The molecule has 0 aliphatic heterocycles. The van der Waals surface area contributed by atoms with Gasteiger partial charge in [0.15, 0.2) is 0 Å². The summed E-state index contributed by atoms with van der Waals surface area (Å²) in [6, 6.07) is 11.8. The molecule has 0 saturated heterocycles. The van der Waals surface area contributed by atoms with E-state index in [-0.39, 0.29) is 5.91 Å². The van der Waals surface area contributed by atoms with Crippen LogP contribution in [0, 0.1) is 6.92 Å². The highest BCUT2D eigenvalue weighted by atomic mass is 16.1. The maximum Gasteiger partial charge on any atom is 0.224 e. The van der Waals surface area contributed by atoms with Crippen LogP contribution in [0.4, 0.5) is 11.4 Å². The van der Waals surface area contributed by atoms with Gasteiger partial charge in [0, 0.05) is 24.0 Å². The average Bonchev–Trinajstić information content (AvgIpc) is 2.99. The summed E-state index contributed by atoms with van der Waals surface area (Å²) in [5, 5.41) is 6.22. The average molecular weight is 308 g/mol. The monoisotopic (exact) mass is 308 g/mol. The van der Waals surface area contributed by atoms with Crippen LogP contribution >= 0.6 is 0 Å². The first-order valence-corrected chi connectivity index (χ1v) is 7.72. The summed E-state index contributed by atoms with van der Waals surface area (Å²) in [4.78, 5) is 15.8. The third-order valence-electron chi connectivity index (χ3n) is 3.77. The number of rotatable bonds is 5. The maximum absolute atomic E-state index is 11.4. The molecular weight excluding hydrogens is 288 g/mol. The van der Waals surface area contributed by atoms with Crippen LogP contribution in [0.25, 0.3) is 5.65 Å². The van der Waals surface area contributed by atoms with E-state index in [4.69, 9.17) is 0 Å². The van der Waals surface area contributed by atoms with Gasteiger partial charge in [0.05, 0.1) is 18.4 Å². The van der Waals surface area contributed by atoms with Crippen molar-refractivity contribution >= 4 is 22.9 Å². The number of aryl methyl sites for hydroxylation is 1. The lowest BCUT2D eigenvalue weighted by Crippen LogP contribution is -2.09. The Morgan fingerprint density at radius 2 is 1.91 bits per heavy atom. The minimum Gasteiger partial charge on any atom is -0.379 e. The zero-order chi connectivity index (χ0) is 16.2. The Balaban J connectivity index is 1.68. The molecule has 0 radical (unpaired) electrons. The highest BCUT2D eigenvalue weighted by molar-refractivity contribution is 5.90. The number of benzene rings is 1. The molecule has 1 amide bonds. The number of amides is 1. The number of pyridine rings is 1. The third kappa shape index (κ3) is 3.34. The summed E-state index contributed by atoms with van der Waals surface area (Å²) in [6.45, 7) is 4.58. The summed E-state index contributed by atoms with van der Waals surface area (Å²) < 4.78 is 2.10. The molecule has 2 aromatic heterocycles. The second kappa shape index (κ2) is 6.52. The van der Waals surface area contributed by atoms with E-state index in [9.17, 15) is 4.79 Å². The lowest BCUT2D eigenvalue weighted by Gasteiger charge is -2.08. The van der Waals surface area contributed by atoms with E-state index >= 15 is 0 Å². The van der Waals surface area contributed by atoms with Crippen LogP contribution in [-0.2, 0) is 11.3 Å². The molecule has 0 spiro atoms. The maximum atomic E-state index is 11.4. The summed E-state index contributed by atoms with van der Waals surface area (Å²) >= 11 is 0. The number of aromatic nitrogens is 2. The number of carbonyl (C=O) groups is 1. The summed E-state index contributed by atoms with van der Waals surface area (Å²) in [7, 11) is 0. The number of anilines is 2. The van der Waals surface area contributed by atoms with Gasteiger partial charge in [-0.2, -0.15) is 0 Å². The van der Waals surface area contributed by atoms with E-state index in [1.54, 1.807) is 0 Å². The number of nitrogens with one attached hydrogen (secondary N) is 2. The normalized spacial score (nSPS) is 10.7. The Kier molecular flexibility index (Phi) is 4.28. The number of hydrogen-bond acceptors (Lipinski definition) is 3. The summed E-state index contributed by atoms with van der Waals surface area (Å²) in [6.07, 6.45) is 4.40. The van der Waals surface area contributed by atoms with E-state index in [1.807, 2.05) is 49.6 Å². The van der Waals surface area contributed by atoms with Gasteiger partial charge in [0.1, 0.15) is 5.65 Å². The highest BCUT2D eigenvalue weighted by Crippen LogP contribution is 2.16. The Morgan fingerprint density at radius 3 is 2.65 bits per heavy atom. The molecule has 5 nitrogen and oxygen atoms in total. The van der Waals surface area contributed by atoms with Crippen molar-refractivity contribution in [2.75, 3.05) is 10.6 Å². The summed E-state index contributed by atoms with van der Waals surface area (Å²) in [5.74, 6) is 0.0202. The van der Waals surface area contributed by atoms with E-state index < -0.39 is 0 Å². The molecule has 0 saturated carbocycles. The van der Waals surface area contributed by atoms with Crippen molar-refractivity contribution in [2.24, 2.45) is 0 Å². The zero-order valence-corrected chi connectivity index (χ0v) is 13.3. The molecule has 5 heteroatoms. The van der Waals surface area contributed by atoms with Crippen LogP contribution in [-0.4, -0.2) is 15.3 Å². The van der Waals surface area contributed by atoms with Crippen LogP contribution < -0.4 is 10.6 Å². The molecule has 0 aliphatic carbocycles. The van der Waals surface area contributed by atoms with Gasteiger partial charge in [-0.05, 0) is 42.8 Å². The van der Waals surface area contributed by atoms with E-state index in [0.29, 0.717) is 13.0 Å². The van der Waals surface area contributed by atoms with Gasteiger partial charge < -0.3 is 15.0 Å². The predicted molar refractivity (Wildman–Crippen MR) is 92.6 cm³/mol. The fourth-order valence-electron chi connectivity index (χ4n) is 2.45. The largest absolute Gasteiger partial charge is 0.379 e. The third-order valence-corrected chi connectivity index (χ3v) is 3.77. The molecule has 3 rings (SSSR count). The van der Waals surface area contributed by atoms with E-state index in [0.717, 1.165) is 28.3 Å². The Labute approximate surface area is 135 Å². The van der Waals surface area contributed by atoms with Gasteiger partial charge in [-0.1, -0.05) is 13.0 Å². The van der Waals surface area contributed by atoms with Crippen LogP contribution in [0.5, 0.6) is 0 Å². The van der Waals surface area contributed by atoms with Crippen molar-refractivity contribution in [2.45, 2.75) is 26.8 Å². The van der Waals surface area contributed by atoms with E-state index in [2.05, 4.69) is 33.0 Å². The lowest BCUT2D eigenvalue weighted by atomic mass is 10.2. The zero-order valence-electron chi connectivity index (χ0n) is 13.3. The van der Waals surface area contributed by atoms with Crippen molar-refractivity contribution in [1.29, 1.82) is 0 Å². The Bertz CT molecular complexity index is 821. The topological polar surface area (TPSA) is 58.4 Å². The first-order chi connectivity index (χ1) is 11.2. The van der Waals surface area contributed by atoms with Crippen molar-refractivity contribution in [3.8, 4) is 0 Å². The molecule has 1 aromatic carbocycles. The van der Waals surface area contributed by atoms with Gasteiger partial charge in [-0.25, -0.2) is 4.98 Å². The van der Waals surface area contributed by atoms with Gasteiger partial charge in [-0.15, -0.1) is 0 Å². The number of imidazole rings is 1. The molecule has 118 valence electrons. The first kappa shape index (κ1) is 15.1. The van der Waals surface area contributed by atoms with Crippen LogP contribution in [0.3, 0.4) is 0 Å². The quantitative estimate of drug-likeness (QED) is 0.757. The molecule has 23 heavy (non-hydrogen) atoms. The number of carbonyl (C=O) groups excluding carboxylic acids is 1. The minimum absolute atomic E-state index is 0.0202. The van der Waals surface area contributed by atoms with Gasteiger partial charge in [0.25, 0.3) is 0 Å². The number of hydrogen-bond donors (Lipinski definition) is 2. The van der Waals surface area contributed by atoms with Crippen molar-refractivity contribution in [3.63, 3.8) is 0 Å². The van der Waals surface area contributed by atoms with Crippen LogP contribution in [0.2, 0.25) is 0 Å². The molecule has 0 aliphatic rings. The molecular formula is C18H20N4O. The first-order valence-electron chi connectivity index (χ1n) is 7.72. The minimum atomic E-state index is 0.0202. The molecule has 0 atom stereocenters. The second-order valence-electron chi connectivity index (χ2n) is 5.47. The van der Waals surface area contributed by atoms with Gasteiger partial charge >= 0.3 is 0 Å². The smallest absolute Gasteiger partial charge is 0.224 e. The molecule has 0 unspecified atom stereocenters. The van der Waals surface area contributed by atoms with Crippen LogP contribution in [0.1, 0.15) is 24.6 Å². The Morgan fingerprint density at radius 1 is 1.17 bits per heavy atom. The molecule has 2 heterocycles. The van der Waals surface area contributed by atoms with Crippen LogP contribution in [0.15, 0.2) is 48.8 Å². The van der Waals surface area contributed by atoms with Crippen molar-refractivity contribution < 1.29 is 4.79 Å². The number of nitrogens with zero attached hydrogens (tertiary/aromatic N) is 2. The Hall–Kier alpha value is -2.82. The van der Waals surface area contributed by atoms with Gasteiger partial charge in [-0.3, -0.25) is 4.79 Å². The standard InChI is InChI=1S/C18H20N4O/c1-3-17(23)21-15-8-6-14(7-9-15)19-11-16-12-20-18-13(2)5-4-10-22(16)18/h4-10,12,19H,3,11H2,1-2H3,(H,21,23). The van der Waals surface area contributed by atoms with Crippen molar-refractivity contribution in [3.05, 3.63) is 60.0 Å². The SMILES string of the molecule is CCC(=O)Nc1ccc(NCc2cnc3c(C)cccn23)cc1.